The molecule has 2 rings (SSSR count). The molecule has 1 atom stereocenters. The first-order chi connectivity index (χ1) is 8.03. The lowest BCUT2D eigenvalue weighted by atomic mass is 9.97. The van der Waals surface area contributed by atoms with Crippen LogP contribution in [-0.4, -0.2) is 48.1 Å². The molecule has 2 saturated heterocycles. The zero-order chi connectivity index (χ0) is 12.5. The van der Waals surface area contributed by atoms with E-state index in [9.17, 15) is 9.59 Å². The maximum Gasteiger partial charge on any atom is 0.252 e. The Kier molecular flexibility index (Phi) is 3.38. The molecule has 5 heteroatoms. The summed E-state index contributed by atoms with van der Waals surface area (Å²) < 4.78 is 5.50. The molecule has 0 aliphatic carbocycles. The van der Waals surface area contributed by atoms with Crippen molar-refractivity contribution in [1.82, 2.24) is 10.2 Å². The number of hydrogen-bond acceptors (Lipinski definition) is 3. The van der Waals surface area contributed by atoms with Crippen molar-refractivity contribution in [3.63, 3.8) is 0 Å². The van der Waals surface area contributed by atoms with Gasteiger partial charge >= 0.3 is 0 Å². The predicted molar refractivity (Wildman–Crippen MR) is 62.4 cm³/mol. The molecule has 5 nitrogen and oxygen atoms in total. The van der Waals surface area contributed by atoms with E-state index in [1.807, 2.05) is 0 Å². The fourth-order valence-corrected chi connectivity index (χ4v) is 2.39. The van der Waals surface area contributed by atoms with Gasteiger partial charge in [0.2, 0.25) is 5.91 Å². The van der Waals surface area contributed by atoms with Crippen molar-refractivity contribution >= 4 is 11.8 Å². The summed E-state index contributed by atoms with van der Waals surface area (Å²) in [5.41, 5.74) is -0.768. The highest BCUT2D eigenvalue weighted by atomic mass is 16.5. The fraction of sp³-hybridized carbons (Fsp3) is 0.833. The summed E-state index contributed by atoms with van der Waals surface area (Å²) >= 11 is 0. The molecule has 2 fully saturated rings. The Morgan fingerprint density at radius 2 is 2.24 bits per heavy atom. The first-order valence-corrected chi connectivity index (χ1v) is 6.25. The lowest BCUT2D eigenvalue weighted by Gasteiger charge is -2.43. The van der Waals surface area contributed by atoms with Gasteiger partial charge in [0.1, 0.15) is 11.6 Å². The van der Waals surface area contributed by atoms with E-state index in [-0.39, 0.29) is 17.9 Å². The zero-order valence-corrected chi connectivity index (χ0v) is 10.5. The topological polar surface area (TPSA) is 58.6 Å². The monoisotopic (exact) mass is 240 g/mol. The zero-order valence-electron chi connectivity index (χ0n) is 10.5. The van der Waals surface area contributed by atoms with Crippen LogP contribution in [0.2, 0.25) is 0 Å². The van der Waals surface area contributed by atoms with Gasteiger partial charge in [-0.05, 0) is 33.1 Å². The van der Waals surface area contributed by atoms with E-state index in [1.165, 1.54) is 0 Å². The van der Waals surface area contributed by atoms with E-state index in [0.717, 1.165) is 19.3 Å². The SMILES string of the molecule is CC1(C)C(=O)NCCN1C(=O)C1CCCCO1. The third-order valence-electron chi connectivity index (χ3n) is 3.57. The standard InChI is InChI=1S/C12H20N2O3/c1-12(2)11(16)13-6-7-14(12)10(15)9-5-3-4-8-17-9/h9H,3-8H2,1-2H3,(H,13,16). The van der Waals surface area contributed by atoms with Crippen LogP contribution in [0.4, 0.5) is 0 Å². The van der Waals surface area contributed by atoms with Gasteiger partial charge in [-0.3, -0.25) is 9.59 Å². The Hall–Kier alpha value is -1.10. The summed E-state index contributed by atoms with van der Waals surface area (Å²) in [6, 6.07) is 0. The lowest BCUT2D eigenvalue weighted by molar-refractivity contribution is -0.159. The third kappa shape index (κ3) is 2.29. The van der Waals surface area contributed by atoms with E-state index in [4.69, 9.17) is 4.74 Å². The summed E-state index contributed by atoms with van der Waals surface area (Å²) in [7, 11) is 0. The van der Waals surface area contributed by atoms with Crippen molar-refractivity contribution in [1.29, 1.82) is 0 Å². The number of ether oxygens (including phenoxy) is 1. The molecule has 0 aromatic rings. The molecule has 2 aliphatic heterocycles. The number of amides is 2. The van der Waals surface area contributed by atoms with Crippen molar-refractivity contribution in [2.24, 2.45) is 0 Å². The molecule has 2 aliphatic rings. The Morgan fingerprint density at radius 3 is 2.88 bits per heavy atom. The smallest absolute Gasteiger partial charge is 0.252 e. The number of carbonyl (C=O) groups is 2. The van der Waals surface area contributed by atoms with E-state index in [2.05, 4.69) is 5.32 Å². The van der Waals surface area contributed by atoms with Crippen molar-refractivity contribution < 1.29 is 14.3 Å². The average Bonchev–Trinajstić information content (AvgIpc) is 2.33. The van der Waals surface area contributed by atoms with Gasteiger partial charge in [-0.2, -0.15) is 0 Å². The molecule has 0 aromatic heterocycles. The van der Waals surface area contributed by atoms with Crippen LogP contribution >= 0.6 is 0 Å². The Morgan fingerprint density at radius 1 is 1.47 bits per heavy atom. The molecule has 0 bridgehead atoms. The van der Waals surface area contributed by atoms with Crippen molar-refractivity contribution in [3.05, 3.63) is 0 Å². The lowest BCUT2D eigenvalue weighted by Crippen LogP contribution is -2.65. The number of nitrogens with zero attached hydrogens (tertiary/aromatic N) is 1. The van der Waals surface area contributed by atoms with Crippen LogP contribution in [0.1, 0.15) is 33.1 Å². The van der Waals surface area contributed by atoms with E-state index >= 15 is 0 Å². The highest BCUT2D eigenvalue weighted by Crippen LogP contribution is 2.22. The van der Waals surface area contributed by atoms with Gasteiger partial charge in [0.05, 0.1) is 0 Å². The molecular weight excluding hydrogens is 220 g/mol. The maximum atomic E-state index is 12.3. The van der Waals surface area contributed by atoms with Crippen LogP contribution in [0.3, 0.4) is 0 Å². The van der Waals surface area contributed by atoms with E-state index in [1.54, 1.807) is 18.7 Å². The van der Waals surface area contributed by atoms with Crippen molar-refractivity contribution in [2.75, 3.05) is 19.7 Å². The molecule has 0 saturated carbocycles. The molecule has 96 valence electrons. The van der Waals surface area contributed by atoms with Gasteiger partial charge in [-0.15, -0.1) is 0 Å². The first kappa shape index (κ1) is 12.4. The van der Waals surface area contributed by atoms with Gasteiger partial charge in [-0.1, -0.05) is 0 Å². The largest absolute Gasteiger partial charge is 0.368 e. The fourth-order valence-electron chi connectivity index (χ4n) is 2.39. The maximum absolute atomic E-state index is 12.3. The number of nitrogens with one attached hydrogen (secondary N) is 1. The molecule has 17 heavy (non-hydrogen) atoms. The highest BCUT2D eigenvalue weighted by molar-refractivity contribution is 5.93. The second-order valence-electron chi connectivity index (χ2n) is 5.16. The summed E-state index contributed by atoms with van der Waals surface area (Å²) in [4.78, 5) is 25.8. The van der Waals surface area contributed by atoms with E-state index in [0.29, 0.717) is 19.7 Å². The van der Waals surface area contributed by atoms with Gasteiger partial charge in [0, 0.05) is 19.7 Å². The summed E-state index contributed by atoms with van der Waals surface area (Å²) in [6.07, 6.45) is 2.46. The molecule has 0 radical (unpaired) electrons. The number of rotatable bonds is 1. The van der Waals surface area contributed by atoms with E-state index < -0.39 is 5.54 Å². The Labute approximate surface area is 101 Å². The van der Waals surface area contributed by atoms with Gasteiger partial charge < -0.3 is 15.0 Å². The van der Waals surface area contributed by atoms with Crippen LogP contribution in [-0.2, 0) is 14.3 Å². The number of carbonyl (C=O) groups excluding carboxylic acids is 2. The van der Waals surface area contributed by atoms with Crippen molar-refractivity contribution in [3.8, 4) is 0 Å². The molecule has 0 spiro atoms. The van der Waals surface area contributed by atoms with Crippen LogP contribution in [0.25, 0.3) is 0 Å². The Bertz CT molecular complexity index is 322. The summed E-state index contributed by atoms with van der Waals surface area (Å²) in [5, 5.41) is 2.79. The molecule has 2 heterocycles. The van der Waals surface area contributed by atoms with Crippen LogP contribution in [0.15, 0.2) is 0 Å². The minimum absolute atomic E-state index is 0.0375. The normalized spacial score (nSPS) is 28.7. The van der Waals surface area contributed by atoms with Crippen molar-refractivity contribution in [2.45, 2.75) is 44.8 Å². The third-order valence-corrected chi connectivity index (χ3v) is 3.57. The minimum Gasteiger partial charge on any atom is -0.368 e. The molecule has 1 unspecified atom stereocenters. The van der Waals surface area contributed by atoms with Gasteiger partial charge in [0.15, 0.2) is 0 Å². The second-order valence-corrected chi connectivity index (χ2v) is 5.16. The number of hydrogen-bond donors (Lipinski definition) is 1. The van der Waals surface area contributed by atoms with Gasteiger partial charge in [-0.25, -0.2) is 0 Å². The molecule has 1 N–H and O–H groups in total. The predicted octanol–water partition coefficient (Wildman–Crippen LogP) is 0.293. The quantitative estimate of drug-likeness (QED) is 0.717. The van der Waals surface area contributed by atoms with Crippen LogP contribution in [0, 0.1) is 0 Å². The van der Waals surface area contributed by atoms with Gasteiger partial charge in [0.25, 0.3) is 5.91 Å². The first-order valence-electron chi connectivity index (χ1n) is 6.25. The second kappa shape index (κ2) is 4.64. The average molecular weight is 240 g/mol. The summed E-state index contributed by atoms with van der Waals surface area (Å²) in [5.74, 6) is -0.127. The Balaban J connectivity index is 2.09. The van der Waals surface area contributed by atoms with Crippen LogP contribution < -0.4 is 5.32 Å². The molecule has 0 aromatic carbocycles. The highest BCUT2D eigenvalue weighted by Gasteiger charge is 2.42. The minimum atomic E-state index is -0.768. The summed E-state index contributed by atoms with van der Waals surface area (Å²) in [6.45, 7) is 5.31. The number of piperazine rings is 1. The van der Waals surface area contributed by atoms with Crippen LogP contribution in [0.5, 0.6) is 0 Å². The molecule has 2 amide bonds. The molecular formula is C12H20N2O3.